The summed E-state index contributed by atoms with van der Waals surface area (Å²) in [5.41, 5.74) is 0. The Bertz CT molecular complexity index is 73.7. The maximum absolute atomic E-state index is 8.91. The van der Waals surface area contributed by atoms with Crippen LogP contribution in [0.15, 0.2) is 0 Å². The molecule has 0 aromatic heterocycles. The van der Waals surface area contributed by atoms with Crippen molar-refractivity contribution in [3.63, 3.8) is 0 Å². The van der Waals surface area contributed by atoms with E-state index in [1.54, 1.807) is 7.05 Å². The Labute approximate surface area is 63.8 Å². The van der Waals surface area contributed by atoms with Gasteiger partial charge in [-0.15, -0.1) is 0 Å². The van der Waals surface area contributed by atoms with Crippen LogP contribution in [0, 0.1) is 5.92 Å². The molecule has 0 aliphatic rings. The summed E-state index contributed by atoms with van der Waals surface area (Å²) in [4.78, 5) is 0. The molecule has 0 aliphatic carbocycles. The molecule has 0 bridgehead atoms. The molecule has 2 nitrogen and oxygen atoms in total. The van der Waals surface area contributed by atoms with Crippen molar-refractivity contribution in [2.75, 3.05) is 13.6 Å². The van der Waals surface area contributed by atoms with Crippen molar-refractivity contribution in [3.05, 3.63) is 0 Å². The van der Waals surface area contributed by atoms with E-state index in [1.807, 2.05) is 0 Å². The van der Waals surface area contributed by atoms with Gasteiger partial charge in [-0.3, -0.25) is 0 Å². The van der Waals surface area contributed by atoms with Crippen molar-refractivity contribution in [3.8, 4) is 0 Å². The normalized spacial score (nSPS) is 14.1. The summed E-state index contributed by atoms with van der Waals surface area (Å²) in [5, 5.41) is 10.2. The second-order valence-corrected chi connectivity index (χ2v) is 2.90. The van der Waals surface area contributed by atoms with Crippen LogP contribution in [0.3, 0.4) is 0 Å². The van der Waals surface area contributed by atoms with Crippen LogP contribution in [0.4, 0.5) is 0 Å². The highest BCUT2D eigenvalue weighted by Crippen LogP contribution is 2.10. The minimum absolute atomic E-state index is 0.667. The number of nitrogens with zero attached hydrogens (tertiary/aromatic N) is 1. The molecule has 0 saturated carbocycles. The van der Waals surface area contributed by atoms with Gasteiger partial charge in [-0.05, 0) is 12.3 Å². The maximum Gasteiger partial charge on any atom is 0.0263 e. The summed E-state index contributed by atoms with van der Waals surface area (Å²) in [6.45, 7) is 5.16. The van der Waals surface area contributed by atoms with Gasteiger partial charge >= 0.3 is 0 Å². The average molecular weight is 145 g/mol. The largest absolute Gasteiger partial charge is 0.314 e. The first-order valence-corrected chi connectivity index (χ1v) is 4.10. The van der Waals surface area contributed by atoms with Crippen LogP contribution >= 0.6 is 0 Å². The van der Waals surface area contributed by atoms with E-state index in [4.69, 9.17) is 5.21 Å². The molecule has 1 N–H and O–H groups in total. The van der Waals surface area contributed by atoms with Gasteiger partial charge in [-0.1, -0.05) is 26.7 Å². The average Bonchev–Trinajstić information content (AvgIpc) is 1.86. The summed E-state index contributed by atoms with van der Waals surface area (Å²) < 4.78 is 0. The topological polar surface area (TPSA) is 23.5 Å². The molecule has 0 spiro atoms. The highest BCUT2D eigenvalue weighted by molar-refractivity contribution is 4.56. The molecule has 10 heavy (non-hydrogen) atoms. The number of rotatable bonds is 5. The molecule has 0 fully saturated rings. The zero-order chi connectivity index (χ0) is 7.98. The quantitative estimate of drug-likeness (QED) is 0.599. The van der Waals surface area contributed by atoms with E-state index in [0.29, 0.717) is 5.92 Å². The van der Waals surface area contributed by atoms with E-state index in [2.05, 4.69) is 13.8 Å². The number of hydrogen-bond acceptors (Lipinski definition) is 2. The molecule has 0 rings (SSSR count). The van der Waals surface area contributed by atoms with Crippen LogP contribution in [-0.4, -0.2) is 23.9 Å². The highest BCUT2D eigenvalue weighted by Gasteiger charge is 2.05. The lowest BCUT2D eigenvalue weighted by molar-refractivity contribution is -0.0770. The first-order valence-electron chi connectivity index (χ1n) is 4.10. The van der Waals surface area contributed by atoms with Gasteiger partial charge in [0.25, 0.3) is 0 Å². The molecule has 0 aromatic carbocycles. The fraction of sp³-hybridized carbons (Fsp3) is 1.00. The third-order valence-electron chi connectivity index (χ3n) is 1.80. The van der Waals surface area contributed by atoms with Gasteiger partial charge in [-0.25, -0.2) is 0 Å². The summed E-state index contributed by atoms with van der Waals surface area (Å²) >= 11 is 0. The van der Waals surface area contributed by atoms with Gasteiger partial charge in [0.15, 0.2) is 0 Å². The van der Waals surface area contributed by atoms with Crippen LogP contribution in [-0.2, 0) is 0 Å². The molecule has 0 aromatic rings. The lowest BCUT2D eigenvalue weighted by Gasteiger charge is -2.16. The Morgan fingerprint density at radius 2 is 2.00 bits per heavy atom. The van der Waals surface area contributed by atoms with Gasteiger partial charge in [0.2, 0.25) is 0 Å². The van der Waals surface area contributed by atoms with Crippen molar-refractivity contribution in [2.45, 2.75) is 33.1 Å². The summed E-state index contributed by atoms with van der Waals surface area (Å²) in [6, 6.07) is 0. The fourth-order valence-corrected chi connectivity index (χ4v) is 1.21. The molecule has 1 atom stereocenters. The van der Waals surface area contributed by atoms with Gasteiger partial charge < -0.3 is 5.21 Å². The summed E-state index contributed by atoms with van der Waals surface area (Å²) in [5.74, 6) is 0.667. The highest BCUT2D eigenvalue weighted by atomic mass is 16.5. The minimum Gasteiger partial charge on any atom is -0.314 e. The van der Waals surface area contributed by atoms with Crippen molar-refractivity contribution >= 4 is 0 Å². The van der Waals surface area contributed by atoms with Crippen molar-refractivity contribution in [2.24, 2.45) is 5.92 Å². The maximum atomic E-state index is 8.91. The lowest BCUT2D eigenvalue weighted by atomic mass is 10.0. The first-order chi connectivity index (χ1) is 4.70. The Morgan fingerprint density at radius 3 is 2.30 bits per heavy atom. The second kappa shape index (κ2) is 5.69. The molecule has 0 radical (unpaired) electrons. The Hall–Kier alpha value is -0.0800. The molecule has 0 saturated heterocycles. The van der Waals surface area contributed by atoms with E-state index in [0.717, 1.165) is 6.54 Å². The van der Waals surface area contributed by atoms with E-state index in [-0.39, 0.29) is 0 Å². The van der Waals surface area contributed by atoms with Crippen LogP contribution in [0.25, 0.3) is 0 Å². The van der Waals surface area contributed by atoms with Crippen molar-refractivity contribution < 1.29 is 5.21 Å². The standard InChI is InChI=1S/C8H19NO/c1-4-6-8(5-2)7-9(3)10/h8,10H,4-7H2,1-3H3. The van der Waals surface area contributed by atoms with Crippen molar-refractivity contribution in [1.29, 1.82) is 0 Å². The molecule has 2 heteroatoms. The number of hydroxylamine groups is 2. The van der Waals surface area contributed by atoms with Crippen LogP contribution in [0.2, 0.25) is 0 Å². The smallest absolute Gasteiger partial charge is 0.0263 e. The summed E-state index contributed by atoms with van der Waals surface area (Å²) in [6.07, 6.45) is 3.60. The molecular formula is C8H19NO. The third-order valence-corrected chi connectivity index (χ3v) is 1.80. The predicted octanol–water partition coefficient (Wildman–Crippen LogP) is 2.13. The van der Waals surface area contributed by atoms with Gasteiger partial charge in [0, 0.05) is 13.6 Å². The number of hydrogen-bond donors (Lipinski definition) is 1. The van der Waals surface area contributed by atoms with Gasteiger partial charge in [-0.2, -0.15) is 5.06 Å². The monoisotopic (exact) mass is 145 g/mol. The van der Waals surface area contributed by atoms with Crippen LogP contribution in [0.5, 0.6) is 0 Å². The first kappa shape index (κ1) is 9.92. The van der Waals surface area contributed by atoms with Crippen LogP contribution < -0.4 is 0 Å². The second-order valence-electron chi connectivity index (χ2n) is 2.90. The molecule has 0 aliphatic heterocycles. The fourth-order valence-electron chi connectivity index (χ4n) is 1.21. The third kappa shape index (κ3) is 4.77. The van der Waals surface area contributed by atoms with Crippen LogP contribution in [0.1, 0.15) is 33.1 Å². The van der Waals surface area contributed by atoms with E-state index < -0.39 is 0 Å². The Morgan fingerprint density at radius 1 is 1.40 bits per heavy atom. The Balaban J connectivity index is 3.39. The molecule has 62 valence electrons. The predicted molar refractivity (Wildman–Crippen MR) is 43.1 cm³/mol. The molecule has 0 amide bonds. The van der Waals surface area contributed by atoms with E-state index in [9.17, 15) is 0 Å². The van der Waals surface area contributed by atoms with Gasteiger partial charge in [0.1, 0.15) is 0 Å². The molecule has 0 heterocycles. The van der Waals surface area contributed by atoms with E-state index in [1.165, 1.54) is 24.3 Å². The Kier molecular flexibility index (Phi) is 5.64. The lowest BCUT2D eigenvalue weighted by Crippen LogP contribution is -2.21. The summed E-state index contributed by atoms with van der Waals surface area (Å²) in [7, 11) is 1.71. The van der Waals surface area contributed by atoms with Gasteiger partial charge in [0.05, 0.1) is 0 Å². The van der Waals surface area contributed by atoms with E-state index >= 15 is 0 Å². The SMILES string of the molecule is CCCC(CC)CN(C)O. The van der Waals surface area contributed by atoms with Crippen molar-refractivity contribution in [1.82, 2.24) is 5.06 Å². The molecule has 1 unspecified atom stereocenters. The zero-order valence-electron chi connectivity index (χ0n) is 7.30. The minimum atomic E-state index is 0.667. The molecular weight excluding hydrogens is 126 g/mol. The zero-order valence-corrected chi connectivity index (χ0v) is 7.30.